The summed E-state index contributed by atoms with van der Waals surface area (Å²) < 4.78 is 2.17. The molecular weight excluding hydrogens is 362 g/mol. The van der Waals surface area contributed by atoms with Gasteiger partial charge in [-0.3, -0.25) is 23.5 Å². The lowest BCUT2D eigenvalue weighted by Gasteiger charge is -2.17. The van der Waals surface area contributed by atoms with Crippen LogP contribution in [0.25, 0.3) is 11.0 Å². The van der Waals surface area contributed by atoms with Crippen molar-refractivity contribution in [3.05, 3.63) is 74.6 Å². The van der Waals surface area contributed by atoms with E-state index in [1.807, 2.05) is 0 Å². The summed E-state index contributed by atoms with van der Waals surface area (Å²) in [6, 6.07) is 10.7. The number of rotatable bonds is 4. The van der Waals surface area contributed by atoms with Crippen LogP contribution in [0.15, 0.2) is 52.1 Å². The highest BCUT2D eigenvalue weighted by molar-refractivity contribution is 5.97. The van der Waals surface area contributed by atoms with E-state index in [0.29, 0.717) is 5.56 Å². The lowest BCUT2D eigenvalue weighted by atomic mass is 10.1. The molecule has 0 spiro atoms. The van der Waals surface area contributed by atoms with Crippen LogP contribution in [-0.2, 0) is 18.9 Å². The first-order valence-electron chi connectivity index (χ1n) is 8.49. The Kier molecular flexibility index (Phi) is 5.08. The average molecular weight is 381 g/mol. The molecule has 144 valence electrons. The van der Waals surface area contributed by atoms with Crippen molar-refractivity contribution in [2.75, 3.05) is 7.05 Å². The van der Waals surface area contributed by atoms with Crippen molar-refractivity contribution >= 4 is 22.8 Å². The fourth-order valence-corrected chi connectivity index (χ4v) is 2.88. The minimum Gasteiger partial charge on any atom is -0.357 e. The summed E-state index contributed by atoms with van der Waals surface area (Å²) in [4.78, 5) is 53.5. The molecule has 0 saturated carbocycles. The quantitative estimate of drug-likeness (QED) is 0.652. The van der Waals surface area contributed by atoms with Crippen molar-refractivity contribution in [2.24, 2.45) is 14.1 Å². The second-order valence-corrected chi connectivity index (χ2v) is 6.20. The number of amides is 2. The number of carbonyl (C=O) groups is 2. The minimum absolute atomic E-state index is 0.0133. The third-order valence-corrected chi connectivity index (χ3v) is 4.45. The zero-order valence-electron chi connectivity index (χ0n) is 15.6. The first-order valence-corrected chi connectivity index (χ1v) is 8.49. The Balaban J connectivity index is 2.02. The molecule has 0 aliphatic carbocycles. The monoisotopic (exact) mass is 381 g/mol. The van der Waals surface area contributed by atoms with Gasteiger partial charge in [0.1, 0.15) is 17.4 Å². The molecule has 28 heavy (non-hydrogen) atoms. The van der Waals surface area contributed by atoms with Gasteiger partial charge in [-0.15, -0.1) is 0 Å². The lowest BCUT2D eigenvalue weighted by Crippen LogP contribution is -2.40. The highest BCUT2D eigenvalue weighted by Crippen LogP contribution is 2.14. The van der Waals surface area contributed by atoms with Gasteiger partial charge in [0.2, 0.25) is 5.91 Å². The Bertz CT molecular complexity index is 1180. The number of pyridine rings is 1. The molecule has 2 N–H and O–H groups in total. The minimum atomic E-state index is -0.913. The molecule has 9 nitrogen and oxygen atoms in total. The maximum absolute atomic E-state index is 12.7. The van der Waals surface area contributed by atoms with Gasteiger partial charge < -0.3 is 10.6 Å². The van der Waals surface area contributed by atoms with Gasteiger partial charge >= 0.3 is 5.69 Å². The zero-order chi connectivity index (χ0) is 20.4. The fraction of sp³-hybridized carbons (Fsp3) is 0.211. The van der Waals surface area contributed by atoms with E-state index in [-0.39, 0.29) is 22.6 Å². The van der Waals surface area contributed by atoms with E-state index in [2.05, 4.69) is 15.6 Å². The Morgan fingerprint density at radius 2 is 1.68 bits per heavy atom. The van der Waals surface area contributed by atoms with Gasteiger partial charge in [-0.25, -0.2) is 9.78 Å². The summed E-state index contributed by atoms with van der Waals surface area (Å²) in [6.45, 7) is 0. The van der Waals surface area contributed by atoms with Gasteiger partial charge in [0, 0.05) is 21.1 Å². The van der Waals surface area contributed by atoms with Gasteiger partial charge in [0.25, 0.3) is 11.5 Å². The number of hydrogen-bond donors (Lipinski definition) is 2. The Hall–Kier alpha value is -3.75. The van der Waals surface area contributed by atoms with E-state index in [1.54, 1.807) is 30.3 Å². The molecule has 0 bridgehead atoms. The smallest absolute Gasteiger partial charge is 0.332 e. The first kappa shape index (κ1) is 19.0. The van der Waals surface area contributed by atoms with E-state index in [9.17, 15) is 19.2 Å². The third-order valence-electron chi connectivity index (χ3n) is 4.45. The third kappa shape index (κ3) is 3.29. The number of fused-ring (bicyclic) bond motifs is 1. The summed E-state index contributed by atoms with van der Waals surface area (Å²) in [6.07, 6.45) is 0. The van der Waals surface area contributed by atoms with Crippen molar-refractivity contribution < 1.29 is 9.59 Å². The Labute approximate surface area is 159 Å². The van der Waals surface area contributed by atoms with E-state index in [1.165, 1.54) is 37.8 Å². The molecule has 2 heterocycles. The topological polar surface area (TPSA) is 115 Å². The van der Waals surface area contributed by atoms with Crippen LogP contribution in [0.4, 0.5) is 0 Å². The Morgan fingerprint density at radius 3 is 2.32 bits per heavy atom. The highest BCUT2D eigenvalue weighted by atomic mass is 16.2. The second-order valence-electron chi connectivity index (χ2n) is 6.20. The van der Waals surface area contributed by atoms with Gasteiger partial charge in [-0.05, 0) is 17.7 Å². The second kappa shape index (κ2) is 7.47. The van der Waals surface area contributed by atoms with Gasteiger partial charge in [0.05, 0.1) is 5.39 Å². The van der Waals surface area contributed by atoms with E-state index < -0.39 is 23.2 Å². The van der Waals surface area contributed by atoms with Crippen molar-refractivity contribution in [2.45, 2.75) is 6.04 Å². The van der Waals surface area contributed by atoms with Gasteiger partial charge in [0.15, 0.2) is 0 Å². The largest absolute Gasteiger partial charge is 0.357 e. The molecule has 0 unspecified atom stereocenters. The fourth-order valence-electron chi connectivity index (χ4n) is 2.88. The predicted octanol–water partition coefficient (Wildman–Crippen LogP) is -0.151. The first-order chi connectivity index (χ1) is 13.3. The molecule has 0 saturated heterocycles. The maximum Gasteiger partial charge on any atom is 0.332 e. The average Bonchev–Trinajstić information content (AvgIpc) is 2.73. The van der Waals surface area contributed by atoms with Crippen molar-refractivity contribution in [3.63, 3.8) is 0 Å². The highest BCUT2D eigenvalue weighted by Gasteiger charge is 2.23. The normalized spacial score (nSPS) is 11.8. The summed E-state index contributed by atoms with van der Waals surface area (Å²) in [5, 5.41) is 5.37. The molecule has 0 aliphatic rings. The molecule has 2 aromatic heterocycles. The zero-order valence-corrected chi connectivity index (χ0v) is 15.6. The van der Waals surface area contributed by atoms with E-state index in [4.69, 9.17) is 0 Å². The Morgan fingerprint density at radius 1 is 1.00 bits per heavy atom. The molecule has 1 atom stereocenters. The number of aryl methyl sites for hydroxylation is 1. The lowest BCUT2D eigenvalue weighted by molar-refractivity contribution is -0.122. The number of nitrogens with one attached hydrogen (secondary N) is 2. The SMILES string of the molecule is CNC(=O)[C@@H](NC(=O)c1ccc2c(=O)n(C)c(=O)n(C)c2n1)c1ccccc1. The predicted molar refractivity (Wildman–Crippen MR) is 103 cm³/mol. The molecule has 2 amide bonds. The van der Waals surface area contributed by atoms with Gasteiger partial charge in [-0.1, -0.05) is 30.3 Å². The van der Waals surface area contributed by atoms with Crippen LogP contribution >= 0.6 is 0 Å². The molecule has 0 fully saturated rings. The molecule has 0 radical (unpaired) electrons. The van der Waals surface area contributed by atoms with Crippen LogP contribution in [0.1, 0.15) is 22.1 Å². The van der Waals surface area contributed by atoms with Crippen molar-refractivity contribution in [1.29, 1.82) is 0 Å². The number of benzene rings is 1. The van der Waals surface area contributed by atoms with Crippen LogP contribution in [0.3, 0.4) is 0 Å². The summed E-state index contributed by atoms with van der Waals surface area (Å²) in [5.41, 5.74) is -0.352. The molecular formula is C19H19N5O4. The van der Waals surface area contributed by atoms with E-state index in [0.717, 1.165) is 4.57 Å². The number of nitrogens with zero attached hydrogens (tertiary/aromatic N) is 3. The molecule has 3 aromatic rings. The summed E-state index contributed by atoms with van der Waals surface area (Å²) >= 11 is 0. The van der Waals surface area contributed by atoms with Crippen LogP contribution in [0, 0.1) is 0 Å². The van der Waals surface area contributed by atoms with Gasteiger partial charge in [-0.2, -0.15) is 0 Å². The number of carbonyl (C=O) groups excluding carboxylic acids is 2. The maximum atomic E-state index is 12.7. The number of hydrogen-bond acceptors (Lipinski definition) is 5. The number of aromatic nitrogens is 3. The van der Waals surface area contributed by atoms with Crippen LogP contribution in [0.5, 0.6) is 0 Å². The van der Waals surface area contributed by atoms with Crippen LogP contribution < -0.4 is 21.9 Å². The molecule has 9 heteroatoms. The standard InChI is InChI=1S/C19H19N5O4/c1-20-17(26)14(11-7-5-4-6-8-11)22-16(25)13-10-9-12-15(21-13)23(2)19(28)24(3)18(12)27/h4-10,14H,1-3H3,(H,20,26)(H,22,25)/t14-/m0/s1. The molecule has 3 rings (SSSR count). The van der Waals surface area contributed by atoms with Crippen LogP contribution in [0.2, 0.25) is 0 Å². The summed E-state index contributed by atoms with van der Waals surface area (Å²) in [5.74, 6) is -0.992. The summed E-state index contributed by atoms with van der Waals surface area (Å²) in [7, 11) is 4.32. The van der Waals surface area contributed by atoms with Crippen LogP contribution in [-0.4, -0.2) is 33.0 Å². The van der Waals surface area contributed by atoms with Crippen molar-refractivity contribution in [1.82, 2.24) is 24.8 Å². The molecule has 1 aromatic carbocycles. The molecule has 0 aliphatic heterocycles. The number of likely N-dealkylation sites (N-methyl/N-ethyl adjacent to an activating group) is 1. The van der Waals surface area contributed by atoms with E-state index >= 15 is 0 Å². The van der Waals surface area contributed by atoms with Crippen molar-refractivity contribution in [3.8, 4) is 0 Å².